The number of rotatable bonds is 8. The van der Waals surface area contributed by atoms with Gasteiger partial charge in [-0.1, -0.05) is 18.2 Å². The highest BCUT2D eigenvalue weighted by Gasteiger charge is 2.06. The fourth-order valence-corrected chi connectivity index (χ4v) is 2.44. The average Bonchev–Trinajstić information content (AvgIpc) is 2.62. The topological polar surface area (TPSA) is 68.8 Å². The number of ether oxygens (including phenoxy) is 3. The summed E-state index contributed by atoms with van der Waals surface area (Å²) in [6.07, 6.45) is 0.692. The van der Waals surface area contributed by atoms with Crippen LogP contribution in [0.15, 0.2) is 42.5 Å². The van der Waals surface area contributed by atoms with E-state index in [0.717, 1.165) is 16.8 Å². The van der Waals surface area contributed by atoms with Crippen LogP contribution in [0, 0.1) is 0 Å². The van der Waals surface area contributed by atoms with E-state index in [-0.39, 0.29) is 6.03 Å². The van der Waals surface area contributed by atoms with Gasteiger partial charge >= 0.3 is 6.03 Å². The Labute approximate surface area is 148 Å². The number of urea groups is 1. The Morgan fingerprint density at radius 1 is 0.960 bits per heavy atom. The standard InChI is InChI=1S/C19H24N2O4/c1-23-13-15-5-4-6-16(11-15)21-19(22)20-10-9-14-7-8-17(24-2)18(12-14)25-3/h4-8,11-12H,9-10,13H2,1-3H3,(H2,20,21,22). The van der Waals surface area contributed by atoms with Crippen LogP contribution in [0.3, 0.4) is 0 Å². The fourth-order valence-electron chi connectivity index (χ4n) is 2.44. The van der Waals surface area contributed by atoms with Crippen LogP contribution in [-0.2, 0) is 17.8 Å². The molecule has 0 spiro atoms. The van der Waals surface area contributed by atoms with Crippen LogP contribution in [0.1, 0.15) is 11.1 Å². The molecule has 2 N–H and O–H groups in total. The number of hydrogen-bond donors (Lipinski definition) is 2. The van der Waals surface area contributed by atoms with Crippen molar-refractivity contribution in [1.82, 2.24) is 5.32 Å². The molecule has 0 radical (unpaired) electrons. The Morgan fingerprint density at radius 2 is 1.76 bits per heavy atom. The first-order valence-electron chi connectivity index (χ1n) is 8.00. The van der Waals surface area contributed by atoms with Crippen molar-refractivity contribution >= 4 is 11.7 Å². The molecule has 0 unspecified atom stereocenters. The molecule has 0 aromatic heterocycles. The van der Waals surface area contributed by atoms with Gasteiger partial charge < -0.3 is 24.8 Å². The van der Waals surface area contributed by atoms with Crippen LogP contribution in [0.2, 0.25) is 0 Å². The van der Waals surface area contributed by atoms with Gasteiger partial charge in [0.05, 0.1) is 20.8 Å². The number of hydrogen-bond acceptors (Lipinski definition) is 4. The summed E-state index contributed by atoms with van der Waals surface area (Å²) in [5, 5.41) is 5.66. The number of carbonyl (C=O) groups is 1. The molecule has 0 aliphatic heterocycles. The van der Waals surface area contributed by atoms with Crippen LogP contribution in [0.25, 0.3) is 0 Å². The molecule has 0 saturated heterocycles. The van der Waals surface area contributed by atoms with Crippen molar-refractivity contribution in [3.8, 4) is 11.5 Å². The van der Waals surface area contributed by atoms with Crippen LogP contribution in [0.5, 0.6) is 11.5 Å². The lowest BCUT2D eigenvalue weighted by atomic mass is 10.1. The maximum Gasteiger partial charge on any atom is 0.319 e. The first-order chi connectivity index (χ1) is 12.2. The smallest absolute Gasteiger partial charge is 0.319 e. The Bertz CT molecular complexity index is 704. The molecule has 25 heavy (non-hydrogen) atoms. The van der Waals surface area contributed by atoms with Crippen molar-refractivity contribution in [2.75, 3.05) is 33.2 Å². The second-order valence-electron chi connectivity index (χ2n) is 5.45. The minimum absolute atomic E-state index is 0.241. The lowest BCUT2D eigenvalue weighted by Gasteiger charge is -2.11. The summed E-state index contributed by atoms with van der Waals surface area (Å²) < 4.78 is 15.6. The summed E-state index contributed by atoms with van der Waals surface area (Å²) in [4.78, 5) is 12.0. The van der Waals surface area contributed by atoms with E-state index in [1.807, 2.05) is 42.5 Å². The first-order valence-corrected chi connectivity index (χ1v) is 8.00. The summed E-state index contributed by atoms with van der Waals surface area (Å²) in [7, 11) is 4.84. The first kappa shape index (κ1) is 18.6. The fraction of sp³-hybridized carbons (Fsp3) is 0.316. The molecule has 2 aromatic rings. The van der Waals surface area contributed by atoms with Gasteiger partial charge in [-0.05, 0) is 41.8 Å². The maximum absolute atomic E-state index is 12.0. The molecule has 6 nitrogen and oxygen atoms in total. The second kappa shape index (κ2) is 9.54. The predicted octanol–water partition coefficient (Wildman–Crippen LogP) is 3.21. The molecule has 0 aliphatic carbocycles. The minimum atomic E-state index is -0.241. The number of amides is 2. The average molecular weight is 344 g/mol. The summed E-state index contributed by atoms with van der Waals surface area (Å²) in [6.45, 7) is 1.02. The van der Waals surface area contributed by atoms with E-state index in [2.05, 4.69) is 10.6 Å². The molecule has 0 atom stereocenters. The largest absolute Gasteiger partial charge is 0.493 e. The Balaban J connectivity index is 1.83. The second-order valence-corrected chi connectivity index (χ2v) is 5.45. The van der Waals surface area contributed by atoms with Crippen molar-refractivity contribution in [2.24, 2.45) is 0 Å². The molecular weight excluding hydrogens is 320 g/mol. The van der Waals surface area contributed by atoms with Crippen molar-refractivity contribution in [1.29, 1.82) is 0 Å². The van der Waals surface area contributed by atoms with E-state index in [1.54, 1.807) is 21.3 Å². The molecule has 2 amide bonds. The number of carbonyl (C=O) groups excluding carboxylic acids is 1. The minimum Gasteiger partial charge on any atom is -0.493 e. The van der Waals surface area contributed by atoms with E-state index in [0.29, 0.717) is 31.1 Å². The third-order valence-electron chi connectivity index (χ3n) is 3.64. The zero-order valence-corrected chi connectivity index (χ0v) is 14.8. The number of nitrogens with one attached hydrogen (secondary N) is 2. The quantitative estimate of drug-likeness (QED) is 0.771. The maximum atomic E-state index is 12.0. The van der Waals surface area contributed by atoms with Crippen molar-refractivity contribution < 1.29 is 19.0 Å². The number of anilines is 1. The van der Waals surface area contributed by atoms with Gasteiger partial charge in [-0.3, -0.25) is 0 Å². The SMILES string of the molecule is COCc1cccc(NC(=O)NCCc2ccc(OC)c(OC)c2)c1. The normalized spacial score (nSPS) is 10.2. The monoisotopic (exact) mass is 344 g/mol. The highest BCUT2D eigenvalue weighted by Crippen LogP contribution is 2.27. The van der Waals surface area contributed by atoms with Gasteiger partial charge in [-0.2, -0.15) is 0 Å². The van der Waals surface area contributed by atoms with Crippen molar-refractivity contribution in [3.63, 3.8) is 0 Å². The summed E-state index contributed by atoms with van der Waals surface area (Å²) >= 11 is 0. The molecule has 0 bridgehead atoms. The summed E-state index contributed by atoms with van der Waals surface area (Å²) in [5.41, 5.74) is 2.80. The molecule has 0 saturated carbocycles. The predicted molar refractivity (Wildman–Crippen MR) is 97.4 cm³/mol. The van der Waals surface area contributed by atoms with Crippen LogP contribution in [0.4, 0.5) is 10.5 Å². The van der Waals surface area contributed by atoms with E-state index >= 15 is 0 Å². The molecule has 2 aromatic carbocycles. The Morgan fingerprint density at radius 3 is 2.48 bits per heavy atom. The molecule has 134 valence electrons. The van der Waals surface area contributed by atoms with E-state index in [4.69, 9.17) is 14.2 Å². The third-order valence-corrected chi connectivity index (χ3v) is 3.64. The van der Waals surface area contributed by atoms with Crippen LogP contribution in [-0.4, -0.2) is 33.9 Å². The van der Waals surface area contributed by atoms with Gasteiger partial charge in [0.1, 0.15) is 0 Å². The molecule has 0 aliphatic rings. The number of benzene rings is 2. The third kappa shape index (κ3) is 5.69. The zero-order valence-electron chi connectivity index (χ0n) is 14.8. The Hall–Kier alpha value is -2.73. The molecular formula is C19H24N2O4. The Kier molecular flexibility index (Phi) is 7.10. The van der Waals surface area contributed by atoms with E-state index < -0.39 is 0 Å². The highest BCUT2D eigenvalue weighted by molar-refractivity contribution is 5.89. The van der Waals surface area contributed by atoms with Crippen LogP contribution >= 0.6 is 0 Å². The lowest BCUT2D eigenvalue weighted by molar-refractivity contribution is 0.185. The van der Waals surface area contributed by atoms with Crippen LogP contribution < -0.4 is 20.1 Å². The van der Waals surface area contributed by atoms with E-state index in [1.165, 1.54) is 0 Å². The van der Waals surface area contributed by atoms with E-state index in [9.17, 15) is 4.79 Å². The lowest BCUT2D eigenvalue weighted by Crippen LogP contribution is -2.30. The van der Waals surface area contributed by atoms with Gasteiger partial charge in [0.2, 0.25) is 0 Å². The van der Waals surface area contributed by atoms with Gasteiger partial charge in [-0.25, -0.2) is 4.79 Å². The van der Waals surface area contributed by atoms with Gasteiger partial charge in [0.25, 0.3) is 0 Å². The van der Waals surface area contributed by atoms with Crippen molar-refractivity contribution in [2.45, 2.75) is 13.0 Å². The molecule has 6 heteroatoms. The van der Waals surface area contributed by atoms with Crippen molar-refractivity contribution in [3.05, 3.63) is 53.6 Å². The summed E-state index contributed by atoms with van der Waals surface area (Å²) in [5.74, 6) is 1.37. The van der Waals surface area contributed by atoms with Gasteiger partial charge in [-0.15, -0.1) is 0 Å². The molecule has 0 heterocycles. The zero-order chi connectivity index (χ0) is 18.1. The summed E-state index contributed by atoms with van der Waals surface area (Å²) in [6, 6.07) is 13.0. The number of methoxy groups -OCH3 is 3. The molecule has 2 rings (SSSR count). The van der Waals surface area contributed by atoms with Gasteiger partial charge in [0.15, 0.2) is 11.5 Å². The van der Waals surface area contributed by atoms with Gasteiger partial charge in [0, 0.05) is 19.3 Å². The molecule has 0 fully saturated rings. The highest BCUT2D eigenvalue weighted by atomic mass is 16.5.